The Morgan fingerprint density at radius 3 is 0.642 bits per heavy atom. The van der Waals surface area contributed by atoms with Crippen molar-refractivity contribution in [3.05, 3.63) is 301 Å². The number of nitrogens with zero attached hydrogens (tertiary/aromatic N) is 4. The predicted octanol–water partition coefficient (Wildman–Crippen LogP) is 20.2. The monoisotopic (exact) mass is 1040 g/mol. The first-order valence-electron chi connectivity index (χ1n) is 27.7. The van der Waals surface area contributed by atoms with Crippen molar-refractivity contribution in [2.75, 3.05) is 40.9 Å². The Kier molecular flexibility index (Phi) is 9.76. The third kappa shape index (κ3) is 6.71. The summed E-state index contributed by atoms with van der Waals surface area (Å²) in [6.45, 7) is 0. The van der Waals surface area contributed by atoms with Crippen molar-refractivity contribution in [3.8, 4) is 11.1 Å². The molecule has 4 N–H and O–H groups in total. The van der Waals surface area contributed by atoms with Crippen LogP contribution in [0.1, 0.15) is 22.3 Å². The molecule has 4 heterocycles. The molecule has 0 unspecified atom stereocenters. The number of benzene rings is 12. The summed E-state index contributed by atoms with van der Waals surface area (Å²) in [5.41, 5.74) is 27.2. The summed E-state index contributed by atoms with van der Waals surface area (Å²) >= 11 is 0. The highest BCUT2D eigenvalue weighted by Crippen LogP contribution is 2.62. The van der Waals surface area contributed by atoms with Crippen molar-refractivity contribution >= 4 is 114 Å². The van der Waals surface area contributed by atoms with Gasteiger partial charge in [0, 0.05) is 22.7 Å². The fourth-order valence-corrected chi connectivity index (χ4v) is 13.6. The van der Waals surface area contributed by atoms with Gasteiger partial charge < -0.3 is 40.9 Å². The third-order valence-electron chi connectivity index (χ3n) is 16.9. The van der Waals surface area contributed by atoms with Gasteiger partial charge in [0.25, 0.3) is 0 Å². The normalized spacial score (nSPS) is 14.1. The number of nitrogens with one attached hydrogen (secondary N) is 4. The molecule has 382 valence electrons. The smallest absolute Gasteiger partial charge is 0.0716 e. The molecule has 12 aromatic carbocycles. The molecule has 0 fully saturated rings. The number of hydrogen-bond acceptors (Lipinski definition) is 8. The van der Waals surface area contributed by atoms with Gasteiger partial charge in [-0.15, -0.1) is 0 Å². The zero-order chi connectivity index (χ0) is 53.2. The molecule has 0 saturated carbocycles. The van der Waals surface area contributed by atoms with Crippen LogP contribution in [0.15, 0.2) is 279 Å². The molecule has 17 rings (SSSR count). The van der Waals surface area contributed by atoms with Crippen LogP contribution in [0.2, 0.25) is 0 Å². The van der Waals surface area contributed by atoms with Gasteiger partial charge in [-0.05, 0) is 167 Å². The Morgan fingerprint density at radius 2 is 0.407 bits per heavy atom. The quantitative estimate of drug-likeness (QED) is 0.131. The molecule has 0 bridgehead atoms. The minimum Gasteiger partial charge on any atom is -0.352 e. The van der Waals surface area contributed by atoms with Crippen LogP contribution in [0.5, 0.6) is 0 Å². The van der Waals surface area contributed by atoms with E-state index in [0.29, 0.717) is 0 Å². The molecule has 4 aliphatic heterocycles. The molecule has 0 aromatic heterocycles. The molecule has 0 saturated heterocycles. The van der Waals surface area contributed by atoms with Crippen LogP contribution in [0.25, 0.3) is 11.1 Å². The van der Waals surface area contributed by atoms with E-state index in [0.717, 1.165) is 125 Å². The Bertz CT molecular complexity index is 3860. The van der Waals surface area contributed by atoms with Crippen LogP contribution in [0, 0.1) is 0 Å². The second kappa shape index (κ2) is 17.5. The van der Waals surface area contributed by atoms with Crippen molar-refractivity contribution in [3.63, 3.8) is 0 Å². The van der Waals surface area contributed by atoms with Gasteiger partial charge in [0.15, 0.2) is 0 Å². The third-order valence-corrected chi connectivity index (χ3v) is 16.9. The van der Waals surface area contributed by atoms with Gasteiger partial charge in [-0.1, -0.05) is 146 Å². The molecule has 8 heteroatoms. The molecular weight excluding hydrogens is 989 g/mol. The second-order valence-electron chi connectivity index (χ2n) is 21.3. The summed E-state index contributed by atoms with van der Waals surface area (Å²) in [6, 6.07) is 102. The lowest BCUT2D eigenvalue weighted by molar-refractivity contribution is 0.768. The van der Waals surface area contributed by atoms with Gasteiger partial charge in [-0.3, -0.25) is 0 Å². The van der Waals surface area contributed by atoms with E-state index >= 15 is 0 Å². The van der Waals surface area contributed by atoms with Crippen LogP contribution in [0.4, 0.5) is 114 Å². The van der Waals surface area contributed by atoms with E-state index in [4.69, 9.17) is 0 Å². The standard InChI is InChI=1S/C73H50N8/c1-3-23-55-53(21-1)54-22-2-4-24-56(54)73(55,47-41-49(78-65-33-13-5-25-57(65)74-58-26-6-14-34-66(58)78)45-50(42-47)79-67-35-15-7-27-59(67)75-60-28-8-16-36-68(60)79)48-43-51(80-69-37-17-9-29-61(69)76-62-30-10-18-38-70(62)80)46-52(44-48)81-71-39-19-11-31-63(71)77-64-32-12-20-40-72(64)81/h1-46,74-77H. The minimum atomic E-state index is -0.914. The molecule has 81 heavy (non-hydrogen) atoms. The van der Waals surface area contributed by atoms with Gasteiger partial charge in [0.2, 0.25) is 0 Å². The maximum absolute atomic E-state index is 3.80. The van der Waals surface area contributed by atoms with Gasteiger partial charge >= 0.3 is 0 Å². The van der Waals surface area contributed by atoms with Crippen LogP contribution in [-0.4, -0.2) is 0 Å². The van der Waals surface area contributed by atoms with Crippen LogP contribution in [-0.2, 0) is 5.41 Å². The van der Waals surface area contributed by atoms with Crippen molar-refractivity contribution < 1.29 is 0 Å². The van der Waals surface area contributed by atoms with E-state index in [9.17, 15) is 0 Å². The SMILES string of the molecule is c1ccc2c(c1)Nc1ccccc1N2c1cc(N2c3ccccc3Nc3ccccc32)cc(C2(c3cc(N4c5ccccc5Nc5ccccc54)cc(N4c5ccccc5Nc5ccccc54)c3)c3ccccc3-c3ccccc32)c1. The second-order valence-corrected chi connectivity index (χ2v) is 21.3. The van der Waals surface area contributed by atoms with Crippen molar-refractivity contribution in [2.24, 2.45) is 0 Å². The van der Waals surface area contributed by atoms with Crippen molar-refractivity contribution in [1.29, 1.82) is 0 Å². The molecule has 0 spiro atoms. The summed E-state index contributed by atoms with van der Waals surface area (Å²) in [6.07, 6.45) is 0. The maximum atomic E-state index is 3.80. The first-order chi connectivity index (χ1) is 40.2. The largest absolute Gasteiger partial charge is 0.352 e. The zero-order valence-electron chi connectivity index (χ0n) is 43.8. The minimum absolute atomic E-state index is 0.914. The Labute approximate surface area is 470 Å². The van der Waals surface area contributed by atoms with Gasteiger partial charge in [0.05, 0.1) is 96.4 Å². The fourth-order valence-electron chi connectivity index (χ4n) is 13.6. The lowest BCUT2D eigenvalue weighted by atomic mass is 9.67. The maximum Gasteiger partial charge on any atom is 0.0716 e. The number of para-hydroxylation sites is 16. The van der Waals surface area contributed by atoms with Gasteiger partial charge in [-0.2, -0.15) is 0 Å². The summed E-state index contributed by atoms with van der Waals surface area (Å²) in [4.78, 5) is 9.83. The summed E-state index contributed by atoms with van der Waals surface area (Å²) in [5.74, 6) is 0. The molecule has 5 aliphatic rings. The first-order valence-corrected chi connectivity index (χ1v) is 27.7. The molecule has 0 atom stereocenters. The van der Waals surface area contributed by atoms with E-state index in [1.54, 1.807) is 0 Å². The van der Waals surface area contributed by atoms with E-state index in [1.807, 2.05) is 0 Å². The Morgan fingerprint density at radius 1 is 0.210 bits per heavy atom. The molecule has 0 radical (unpaired) electrons. The number of rotatable bonds is 6. The number of fused-ring (bicyclic) bond motifs is 11. The van der Waals surface area contributed by atoms with E-state index in [-0.39, 0.29) is 0 Å². The highest BCUT2D eigenvalue weighted by molar-refractivity contribution is 6.04. The highest BCUT2D eigenvalue weighted by atomic mass is 15.2. The van der Waals surface area contributed by atoms with Crippen molar-refractivity contribution in [2.45, 2.75) is 5.41 Å². The molecule has 8 nitrogen and oxygen atoms in total. The Balaban J connectivity index is 1.03. The Hall–Kier alpha value is -11.0. The molecule has 1 aliphatic carbocycles. The first kappa shape index (κ1) is 45.1. The highest BCUT2D eigenvalue weighted by Gasteiger charge is 2.48. The van der Waals surface area contributed by atoms with Crippen molar-refractivity contribution in [1.82, 2.24) is 0 Å². The van der Waals surface area contributed by atoms with E-state index in [2.05, 4.69) is 320 Å². The summed E-state index contributed by atoms with van der Waals surface area (Å²) in [7, 11) is 0. The van der Waals surface area contributed by atoms with Crippen LogP contribution in [0.3, 0.4) is 0 Å². The van der Waals surface area contributed by atoms with E-state index < -0.39 is 5.41 Å². The molecular formula is C73H50N8. The average Bonchev–Trinajstić information content (AvgIpc) is 4.05. The summed E-state index contributed by atoms with van der Waals surface area (Å²) in [5, 5.41) is 15.2. The topological polar surface area (TPSA) is 61.1 Å². The number of hydrogen-bond donors (Lipinski definition) is 4. The average molecular weight is 1040 g/mol. The zero-order valence-corrected chi connectivity index (χ0v) is 43.8. The molecule has 0 amide bonds. The fraction of sp³-hybridized carbons (Fsp3) is 0.0137. The lowest BCUT2D eigenvalue weighted by Crippen LogP contribution is -2.31. The van der Waals surface area contributed by atoms with Gasteiger partial charge in [0.1, 0.15) is 0 Å². The van der Waals surface area contributed by atoms with E-state index in [1.165, 1.54) is 22.3 Å². The van der Waals surface area contributed by atoms with Crippen LogP contribution < -0.4 is 40.9 Å². The van der Waals surface area contributed by atoms with Gasteiger partial charge in [-0.25, -0.2) is 0 Å². The lowest BCUT2D eigenvalue weighted by Gasteiger charge is -2.41. The summed E-state index contributed by atoms with van der Waals surface area (Å²) < 4.78 is 0. The number of anilines is 20. The molecule has 12 aromatic rings. The van der Waals surface area contributed by atoms with Crippen LogP contribution >= 0.6 is 0 Å². The predicted molar refractivity (Wildman–Crippen MR) is 336 cm³/mol.